The molecule has 0 bridgehead atoms. The minimum absolute atomic E-state index is 0.0278. The minimum Gasteiger partial charge on any atom is -0.337 e. The van der Waals surface area contributed by atoms with Crippen molar-refractivity contribution in [2.45, 2.75) is 12.6 Å². The summed E-state index contributed by atoms with van der Waals surface area (Å²) < 4.78 is 39.4. The Hall–Kier alpha value is -1.02. The molecule has 0 spiro atoms. The number of halogens is 3. The van der Waals surface area contributed by atoms with E-state index in [0.717, 1.165) is 13.1 Å². The van der Waals surface area contributed by atoms with Crippen LogP contribution in [0.15, 0.2) is 0 Å². The molecule has 2 atom stereocenters. The van der Waals surface area contributed by atoms with E-state index in [4.69, 9.17) is 0 Å². The summed E-state index contributed by atoms with van der Waals surface area (Å²) in [6.07, 6.45) is -4.07. The zero-order valence-electron chi connectivity index (χ0n) is 11.1. The highest BCUT2D eigenvalue weighted by atomic mass is 19.4. The molecule has 0 radical (unpaired) electrons. The van der Waals surface area contributed by atoms with E-state index in [1.54, 1.807) is 4.90 Å². The topological polar surface area (TPSA) is 56.4 Å². The fourth-order valence-electron chi connectivity index (χ4n) is 3.55. The number of hydrogen-bond donors (Lipinski definition) is 3. The lowest BCUT2D eigenvalue weighted by Gasteiger charge is -2.28. The van der Waals surface area contributed by atoms with E-state index in [9.17, 15) is 18.0 Å². The third-order valence-corrected chi connectivity index (χ3v) is 4.95. The van der Waals surface area contributed by atoms with Crippen molar-refractivity contribution in [3.63, 3.8) is 0 Å². The van der Waals surface area contributed by atoms with E-state index >= 15 is 0 Å². The zero-order valence-corrected chi connectivity index (χ0v) is 11.1. The van der Waals surface area contributed by atoms with Crippen molar-refractivity contribution in [3.8, 4) is 0 Å². The number of nitrogens with one attached hydrogen (secondary N) is 3. The van der Waals surface area contributed by atoms with E-state index in [1.807, 2.05) is 0 Å². The Kier molecular flexibility index (Phi) is 3.13. The summed E-state index contributed by atoms with van der Waals surface area (Å²) in [7, 11) is 0. The van der Waals surface area contributed by atoms with Gasteiger partial charge in [0.2, 0.25) is 0 Å². The molecule has 5 nitrogen and oxygen atoms in total. The fourth-order valence-corrected chi connectivity index (χ4v) is 3.55. The number of hydrogen-bond acceptors (Lipinski definition) is 3. The SMILES string of the molecule is O=C(NC[C@]12CNC[C@@]1(C(F)(F)F)C2)N1CCNCC1. The van der Waals surface area contributed by atoms with Crippen LogP contribution < -0.4 is 16.0 Å². The molecule has 0 aromatic rings. The molecule has 114 valence electrons. The van der Waals surface area contributed by atoms with Gasteiger partial charge in [-0.05, 0) is 6.42 Å². The van der Waals surface area contributed by atoms with Gasteiger partial charge in [0.05, 0.1) is 5.41 Å². The van der Waals surface area contributed by atoms with Gasteiger partial charge in [-0.3, -0.25) is 0 Å². The van der Waals surface area contributed by atoms with Crippen molar-refractivity contribution in [3.05, 3.63) is 0 Å². The molecule has 1 aliphatic carbocycles. The van der Waals surface area contributed by atoms with Gasteiger partial charge in [-0.2, -0.15) is 13.2 Å². The van der Waals surface area contributed by atoms with Crippen LogP contribution in [0, 0.1) is 10.8 Å². The summed E-state index contributed by atoms with van der Waals surface area (Å²) in [6, 6.07) is -0.254. The minimum atomic E-state index is -4.20. The van der Waals surface area contributed by atoms with Crippen LogP contribution >= 0.6 is 0 Å². The van der Waals surface area contributed by atoms with Crippen molar-refractivity contribution < 1.29 is 18.0 Å². The number of urea groups is 1. The second-order valence-electron chi connectivity index (χ2n) is 6.04. The van der Waals surface area contributed by atoms with Crippen molar-refractivity contribution >= 4 is 6.03 Å². The molecule has 1 saturated carbocycles. The Morgan fingerprint density at radius 3 is 2.50 bits per heavy atom. The highest BCUT2D eigenvalue weighted by molar-refractivity contribution is 5.74. The van der Waals surface area contributed by atoms with Gasteiger partial charge in [0.25, 0.3) is 0 Å². The van der Waals surface area contributed by atoms with E-state index in [2.05, 4.69) is 16.0 Å². The lowest BCUT2D eigenvalue weighted by Crippen LogP contribution is -2.51. The second kappa shape index (κ2) is 4.49. The first-order chi connectivity index (χ1) is 9.40. The predicted molar refractivity (Wildman–Crippen MR) is 66.2 cm³/mol. The molecule has 20 heavy (non-hydrogen) atoms. The summed E-state index contributed by atoms with van der Waals surface area (Å²) in [5.74, 6) is 0. The van der Waals surface area contributed by atoms with E-state index < -0.39 is 17.0 Å². The van der Waals surface area contributed by atoms with Gasteiger partial charge in [0, 0.05) is 51.2 Å². The Morgan fingerprint density at radius 1 is 1.20 bits per heavy atom. The molecule has 3 N–H and O–H groups in total. The molecule has 2 saturated heterocycles. The van der Waals surface area contributed by atoms with Gasteiger partial charge in [-0.15, -0.1) is 0 Å². The van der Waals surface area contributed by atoms with Crippen LogP contribution in [0.5, 0.6) is 0 Å². The lowest BCUT2D eigenvalue weighted by molar-refractivity contribution is -0.190. The number of amides is 2. The zero-order chi connectivity index (χ0) is 14.4. The smallest absolute Gasteiger partial charge is 0.337 e. The van der Waals surface area contributed by atoms with Gasteiger partial charge >= 0.3 is 12.2 Å². The van der Waals surface area contributed by atoms with Crippen LogP contribution in [0.2, 0.25) is 0 Å². The van der Waals surface area contributed by atoms with Gasteiger partial charge in [0.1, 0.15) is 0 Å². The highest BCUT2D eigenvalue weighted by Gasteiger charge is 2.81. The quantitative estimate of drug-likeness (QED) is 0.679. The Bertz CT molecular complexity index is 410. The maximum atomic E-state index is 13.1. The molecule has 2 aliphatic heterocycles. The van der Waals surface area contributed by atoms with Crippen molar-refractivity contribution in [1.82, 2.24) is 20.9 Å². The van der Waals surface area contributed by atoms with Crippen molar-refractivity contribution in [2.75, 3.05) is 45.8 Å². The number of rotatable bonds is 2. The van der Waals surface area contributed by atoms with E-state index in [0.29, 0.717) is 19.6 Å². The number of nitrogens with zero attached hydrogens (tertiary/aromatic N) is 1. The standard InChI is InChI=1S/C12H19F3N4O/c13-12(14,15)11-5-10(11,6-17-8-11)7-18-9(20)19-3-1-16-2-4-19/h16-17H,1-8H2,(H,18,20)/t10-,11-/m0/s1. The molecule has 3 fully saturated rings. The fraction of sp³-hybridized carbons (Fsp3) is 0.917. The molecular weight excluding hydrogens is 273 g/mol. The van der Waals surface area contributed by atoms with Crippen LogP contribution in [-0.4, -0.2) is 62.9 Å². The molecule has 0 aromatic carbocycles. The maximum absolute atomic E-state index is 13.1. The number of fused-ring (bicyclic) bond motifs is 1. The average Bonchev–Trinajstić information content (AvgIpc) is 2.94. The van der Waals surface area contributed by atoms with Crippen molar-refractivity contribution in [2.24, 2.45) is 10.8 Å². The van der Waals surface area contributed by atoms with Crippen LogP contribution in [-0.2, 0) is 0 Å². The number of piperazine rings is 1. The van der Waals surface area contributed by atoms with Gasteiger partial charge in [-0.25, -0.2) is 4.79 Å². The highest BCUT2D eigenvalue weighted by Crippen LogP contribution is 2.72. The maximum Gasteiger partial charge on any atom is 0.396 e. The first-order valence-electron chi connectivity index (χ1n) is 6.91. The number of alkyl halides is 3. The molecular formula is C12H19F3N4O. The first-order valence-corrected chi connectivity index (χ1v) is 6.91. The monoisotopic (exact) mass is 292 g/mol. The normalized spacial score (nSPS) is 36.6. The summed E-state index contributed by atoms with van der Waals surface area (Å²) >= 11 is 0. The molecule has 0 unspecified atom stereocenters. The van der Waals surface area contributed by atoms with Gasteiger partial charge < -0.3 is 20.9 Å². The molecule has 2 heterocycles. The molecule has 2 amide bonds. The van der Waals surface area contributed by atoms with Crippen molar-refractivity contribution in [1.29, 1.82) is 0 Å². The number of piperidine rings is 1. The molecule has 0 aromatic heterocycles. The first kappa shape index (κ1) is 13.9. The summed E-state index contributed by atoms with van der Waals surface area (Å²) in [6.45, 7) is 3.05. The second-order valence-corrected chi connectivity index (χ2v) is 6.04. The summed E-state index contributed by atoms with van der Waals surface area (Å²) in [5, 5.41) is 8.64. The van der Waals surface area contributed by atoms with Crippen LogP contribution in [0.4, 0.5) is 18.0 Å². The van der Waals surface area contributed by atoms with Crippen LogP contribution in [0.25, 0.3) is 0 Å². The Morgan fingerprint density at radius 2 is 1.90 bits per heavy atom. The lowest BCUT2D eigenvalue weighted by atomic mass is 9.95. The van der Waals surface area contributed by atoms with Gasteiger partial charge in [-0.1, -0.05) is 0 Å². The third-order valence-electron chi connectivity index (χ3n) is 4.95. The molecule has 3 aliphatic rings. The Labute approximate surface area is 115 Å². The van der Waals surface area contributed by atoms with E-state index in [-0.39, 0.29) is 25.5 Å². The van der Waals surface area contributed by atoms with E-state index in [1.165, 1.54) is 0 Å². The summed E-state index contributed by atoms with van der Waals surface area (Å²) in [5.41, 5.74) is -2.47. The van der Waals surface area contributed by atoms with Crippen LogP contribution in [0.1, 0.15) is 6.42 Å². The Balaban J connectivity index is 1.58. The van der Waals surface area contributed by atoms with Crippen LogP contribution in [0.3, 0.4) is 0 Å². The predicted octanol–water partition coefficient (Wildman–Crippen LogP) is 0.143. The number of carbonyl (C=O) groups excluding carboxylic acids is 1. The van der Waals surface area contributed by atoms with Gasteiger partial charge in [0.15, 0.2) is 0 Å². The largest absolute Gasteiger partial charge is 0.396 e. The molecule has 8 heteroatoms. The summed E-state index contributed by atoms with van der Waals surface area (Å²) in [4.78, 5) is 13.6. The third kappa shape index (κ3) is 1.96. The molecule has 3 rings (SSSR count). The number of carbonyl (C=O) groups is 1. The average molecular weight is 292 g/mol.